The fourth-order valence-corrected chi connectivity index (χ4v) is 3.17. The fourth-order valence-electron chi connectivity index (χ4n) is 3.17. The number of amides is 1. The number of piperidine rings is 1. The Kier molecular flexibility index (Phi) is 3.22. The van der Waals surface area contributed by atoms with Crippen molar-refractivity contribution >= 4 is 5.91 Å². The number of nitrogens with one attached hydrogen (secondary N) is 1. The number of fused-ring (bicyclic) bond motifs is 1. The summed E-state index contributed by atoms with van der Waals surface area (Å²) in [5.41, 5.74) is -0.421. The first-order valence-corrected chi connectivity index (χ1v) is 6.64. The van der Waals surface area contributed by atoms with Gasteiger partial charge in [0.25, 0.3) is 5.91 Å². The van der Waals surface area contributed by atoms with Crippen molar-refractivity contribution in [3.63, 3.8) is 0 Å². The molecule has 2 aliphatic rings. The Balaban J connectivity index is 1.91. The Hall–Kier alpha value is -1.49. The summed E-state index contributed by atoms with van der Waals surface area (Å²) in [4.78, 5) is 14.0. The van der Waals surface area contributed by atoms with Crippen LogP contribution in [0.2, 0.25) is 0 Å². The van der Waals surface area contributed by atoms with Crippen LogP contribution in [0.4, 0.5) is 8.78 Å². The summed E-state index contributed by atoms with van der Waals surface area (Å²) >= 11 is 0. The SMILES string of the molecule is O=C(c1c(F)cccc1F)N1CCCC2CNCC21. The van der Waals surface area contributed by atoms with Crippen molar-refractivity contribution in [2.45, 2.75) is 18.9 Å². The lowest BCUT2D eigenvalue weighted by Crippen LogP contribution is -2.48. The summed E-state index contributed by atoms with van der Waals surface area (Å²) in [6, 6.07) is 3.60. The van der Waals surface area contributed by atoms with Gasteiger partial charge in [0, 0.05) is 25.7 Å². The summed E-state index contributed by atoms with van der Waals surface area (Å²) in [7, 11) is 0. The first-order valence-electron chi connectivity index (χ1n) is 6.64. The molecule has 2 unspecified atom stereocenters. The average molecular weight is 266 g/mol. The van der Waals surface area contributed by atoms with Gasteiger partial charge in [-0.1, -0.05) is 6.07 Å². The van der Waals surface area contributed by atoms with Crippen molar-refractivity contribution in [3.8, 4) is 0 Å². The van der Waals surface area contributed by atoms with E-state index in [2.05, 4.69) is 5.32 Å². The topological polar surface area (TPSA) is 32.3 Å². The van der Waals surface area contributed by atoms with Gasteiger partial charge in [-0.15, -0.1) is 0 Å². The Morgan fingerprint density at radius 3 is 2.74 bits per heavy atom. The van der Waals surface area contributed by atoms with E-state index in [9.17, 15) is 13.6 Å². The molecule has 19 heavy (non-hydrogen) atoms. The van der Waals surface area contributed by atoms with E-state index in [0.29, 0.717) is 19.0 Å². The minimum Gasteiger partial charge on any atom is -0.334 e. The summed E-state index contributed by atoms with van der Waals surface area (Å²) < 4.78 is 27.4. The molecule has 3 nitrogen and oxygen atoms in total. The zero-order valence-electron chi connectivity index (χ0n) is 10.5. The predicted octanol–water partition coefficient (Wildman–Crippen LogP) is 1.79. The molecule has 3 rings (SSSR count). The van der Waals surface area contributed by atoms with Crippen LogP contribution < -0.4 is 5.32 Å². The van der Waals surface area contributed by atoms with Gasteiger partial charge in [-0.2, -0.15) is 0 Å². The Labute approximate surface area is 110 Å². The zero-order chi connectivity index (χ0) is 13.4. The van der Waals surface area contributed by atoms with Crippen molar-refractivity contribution in [2.75, 3.05) is 19.6 Å². The van der Waals surface area contributed by atoms with Crippen LogP contribution in [0.5, 0.6) is 0 Å². The maximum atomic E-state index is 13.7. The molecule has 102 valence electrons. The van der Waals surface area contributed by atoms with Gasteiger partial charge >= 0.3 is 0 Å². The number of rotatable bonds is 1. The smallest absolute Gasteiger partial charge is 0.260 e. The van der Waals surface area contributed by atoms with E-state index in [1.807, 2.05) is 0 Å². The van der Waals surface area contributed by atoms with Crippen molar-refractivity contribution in [3.05, 3.63) is 35.4 Å². The van der Waals surface area contributed by atoms with Crippen molar-refractivity contribution in [1.82, 2.24) is 10.2 Å². The van der Waals surface area contributed by atoms with Crippen LogP contribution >= 0.6 is 0 Å². The maximum absolute atomic E-state index is 13.7. The molecule has 0 radical (unpaired) electrons. The molecule has 1 aromatic carbocycles. The molecule has 1 aromatic rings. The second kappa shape index (κ2) is 4.89. The standard InChI is InChI=1S/C14H16F2N2O/c15-10-4-1-5-11(16)13(10)14(19)18-6-2-3-9-7-17-8-12(9)18/h1,4-5,9,12,17H,2-3,6-8H2. The monoisotopic (exact) mass is 266 g/mol. The van der Waals surface area contributed by atoms with Gasteiger partial charge in [0.05, 0.1) is 0 Å². The highest BCUT2D eigenvalue weighted by Gasteiger charge is 2.38. The lowest BCUT2D eigenvalue weighted by atomic mass is 9.91. The molecule has 0 aromatic heterocycles. The maximum Gasteiger partial charge on any atom is 0.260 e. The van der Waals surface area contributed by atoms with Crippen molar-refractivity contribution in [1.29, 1.82) is 0 Å². The highest BCUT2D eigenvalue weighted by molar-refractivity contribution is 5.95. The molecule has 0 aliphatic carbocycles. The third-order valence-corrected chi connectivity index (χ3v) is 4.12. The number of likely N-dealkylation sites (tertiary alicyclic amines) is 1. The van der Waals surface area contributed by atoms with Crippen LogP contribution in [0.25, 0.3) is 0 Å². The first kappa shape index (κ1) is 12.5. The van der Waals surface area contributed by atoms with Gasteiger partial charge in [0.1, 0.15) is 17.2 Å². The zero-order valence-corrected chi connectivity index (χ0v) is 10.5. The number of carbonyl (C=O) groups excluding carboxylic acids is 1. The van der Waals surface area contributed by atoms with E-state index in [1.54, 1.807) is 4.90 Å². The number of halogens is 2. The second-order valence-electron chi connectivity index (χ2n) is 5.22. The Morgan fingerprint density at radius 2 is 2.00 bits per heavy atom. The first-order chi connectivity index (χ1) is 9.18. The van der Waals surface area contributed by atoms with Crippen molar-refractivity contribution < 1.29 is 13.6 Å². The summed E-state index contributed by atoms with van der Waals surface area (Å²) in [5, 5.41) is 3.25. The van der Waals surface area contributed by atoms with Crippen LogP contribution in [-0.2, 0) is 0 Å². The molecular formula is C14H16F2N2O. The largest absolute Gasteiger partial charge is 0.334 e. The van der Waals surface area contributed by atoms with E-state index in [4.69, 9.17) is 0 Å². The van der Waals surface area contributed by atoms with E-state index in [0.717, 1.165) is 31.5 Å². The molecule has 0 spiro atoms. The number of hydrogen-bond donors (Lipinski definition) is 1. The van der Waals surface area contributed by atoms with Gasteiger partial charge in [0.2, 0.25) is 0 Å². The summed E-state index contributed by atoms with van der Waals surface area (Å²) in [6.45, 7) is 2.18. The number of nitrogens with zero attached hydrogens (tertiary/aromatic N) is 1. The molecule has 2 heterocycles. The highest BCUT2D eigenvalue weighted by atomic mass is 19.1. The third kappa shape index (κ3) is 2.12. The summed E-state index contributed by atoms with van der Waals surface area (Å²) in [5.74, 6) is -1.67. The minimum atomic E-state index is -0.780. The third-order valence-electron chi connectivity index (χ3n) is 4.12. The number of benzene rings is 1. The normalized spacial score (nSPS) is 26.3. The molecule has 2 fully saturated rings. The Bertz CT molecular complexity index is 486. The molecule has 0 saturated carbocycles. The average Bonchev–Trinajstić information content (AvgIpc) is 2.86. The van der Waals surface area contributed by atoms with Gasteiger partial charge < -0.3 is 10.2 Å². The van der Waals surface area contributed by atoms with E-state index < -0.39 is 23.1 Å². The van der Waals surface area contributed by atoms with Gasteiger partial charge in [0.15, 0.2) is 0 Å². The van der Waals surface area contributed by atoms with Crippen LogP contribution in [0, 0.1) is 17.6 Å². The van der Waals surface area contributed by atoms with Crippen LogP contribution in [0.15, 0.2) is 18.2 Å². The molecule has 0 bridgehead atoms. The van der Waals surface area contributed by atoms with Gasteiger partial charge in [-0.05, 0) is 30.9 Å². The molecule has 1 N–H and O–H groups in total. The van der Waals surface area contributed by atoms with Crippen LogP contribution in [0.3, 0.4) is 0 Å². The molecule has 2 saturated heterocycles. The molecule has 5 heteroatoms. The van der Waals surface area contributed by atoms with Gasteiger partial charge in [-0.25, -0.2) is 8.78 Å². The molecule has 2 aliphatic heterocycles. The molecule has 2 atom stereocenters. The van der Waals surface area contributed by atoms with E-state index in [1.165, 1.54) is 6.07 Å². The highest BCUT2D eigenvalue weighted by Crippen LogP contribution is 2.28. The second-order valence-corrected chi connectivity index (χ2v) is 5.22. The van der Waals surface area contributed by atoms with Crippen molar-refractivity contribution in [2.24, 2.45) is 5.92 Å². The lowest BCUT2D eigenvalue weighted by Gasteiger charge is -2.37. The van der Waals surface area contributed by atoms with Crippen LogP contribution in [-0.4, -0.2) is 36.5 Å². The van der Waals surface area contributed by atoms with E-state index in [-0.39, 0.29) is 6.04 Å². The predicted molar refractivity (Wildman–Crippen MR) is 66.8 cm³/mol. The van der Waals surface area contributed by atoms with E-state index >= 15 is 0 Å². The summed E-state index contributed by atoms with van der Waals surface area (Å²) in [6.07, 6.45) is 1.96. The van der Waals surface area contributed by atoms with Gasteiger partial charge in [-0.3, -0.25) is 4.79 Å². The quantitative estimate of drug-likeness (QED) is 0.840. The fraction of sp³-hybridized carbons (Fsp3) is 0.500. The van der Waals surface area contributed by atoms with Crippen LogP contribution in [0.1, 0.15) is 23.2 Å². The molecule has 1 amide bonds. The Morgan fingerprint density at radius 1 is 1.26 bits per heavy atom. The number of hydrogen-bond acceptors (Lipinski definition) is 2. The minimum absolute atomic E-state index is 0.0697. The lowest BCUT2D eigenvalue weighted by molar-refractivity contribution is 0.0565. The molecular weight excluding hydrogens is 250 g/mol. The number of carbonyl (C=O) groups is 1.